The van der Waals surface area contributed by atoms with Gasteiger partial charge in [-0.25, -0.2) is 4.79 Å². The van der Waals surface area contributed by atoms with E-state index in [9.17, 15) is 29.1 Å². The molecule has 11 nitrogen and oxygen atoms in total. The molecule has 0 saturated heterocycles. The summed E-state index contributed by atoms with van der Waals surface area (Å²) in [6, 6.07) is -4.30. The summed E-state index contributed by atoms with van der Waals surface area (Å²) < 4.78 is 0. The van der Waals surface area contributed by atoms with Crippen LogP contribution >= 0.6 is 11.8 Å². The summed E-state index contributed by atoms with van der Waals surface area (Å²) in [5.41, 5.74) is 10.7. The number of carbonyl (C=O) groups excluding carboxylic acids is 4. The minimum atomic E-state index is -1.20. The Kier molecular flexibility index (Phi) is 13.6. The highest BCUT2D eigenvalue weighted by Gasteiger charge is 2.33. The topological polar surface area (TPSA) is 194 Å². The lowest BCUT2D eigenvalue weighted by atomic mass is 9.96. The third kappa shape index (κ3) is 10.3. The van der Waals surface area contributed by atoms with Gasteiger partial charge >= 0.3 is 5.97 Å². The van der Waals surface area contributed by atoms with Crippen LogP contribution in [0.2, 0.25) is 0 Å². The summed E-state index contributed by atoms with van der Waals surface area (Å²) in [5.74, 6) is -3.95. The van der Waals surface area contributed by atoms with Crippen molar-refractivity contribution >= 4 is 41.4 Å². The van der Waals surface area contributed by atoms with Crippen LogP contribution in [0.15, 0.2) is 0 Å². The maximum absolute atomic E-state index is 13.0. The molecule has 32 heavy (non-hydrogen) atoms. The zero-order chi connectivity index (χ0) is 25.0. The van der Waals surface area contributed by atoms with Crippen LogP contribution in [0.5, 0.6) is 0 Å². The number of aliphatic carboxylic acids is 1. The zero-order valence-electron chi connectivity index (χ0n) is 19.3. The Bertz CT molecular complexity index is 675. The van der Waals surface area contributed by atoms with Gasteiger partial charge in [-0.2, -0.15) is 11.8 Å². The Labute approximate surface area is 193 Å². The molecule has 0 spiro atoms. The van der Waals surface area contributed by atoms with Crippen molar-refractivity contribution in [3.05, 3.63) is 0 Å². The lowest BCUT2D eigenvalue weighted by molar-refractivity contribution is -0.142. The molecule has 5 unspecified atom stereocenters. The van der Waals surface area contributed by atoms with Gasteiger partial charge in [0.25, 0.3) is 0 Å². The molecular formula is C20H37N5O6S. The Morgan fingerprint density at radius 2 is 1.47 bits per heavy atom. The number of nitrogens with one attached hydrogen (secondary N) is 3. The van der Waals surface area contributed by atoms with Gasteiger partial charge < -0.3 is 32.5 Å². The molecule has 4 amide bonds. The molecule has 0 aromatic rings. The number of primary amides is 1. The van der Waals surface area contributed by atoms with Gasteiger partial charge in [-0.15, -0.1) is 0 Å². The average molecular weight is 476 g/mol. The Morgan fingerprint density at radius 3 is 1.91 bits per heavy atom. The second kappa shape index (κ2) is 14.7. The van der Waals surface area contributed by atoms with Crippen LogP contribution in [-0.2, 0) is 24.0 Å². The van der Waals surface area contributed by atoms with Crippen LogP contribution < -0.4 is 27.4 Å². The molecule has 184 valence electrons. The van der Waals surface area contributed by atoms with Gasteiger partial charge in [-0.3, -0.25) is 19.2 Å². The second-order valence-corrected chi connectivity index (χ2v) is 9.05. The van der Waals surface area contributed by atoms with Crippen molar-refractivity contribution in [2.75, 3.05) is 12.0 Å². The van der Waals surface area contributed by atoms with E-state index >= 15 is 0 Å². The summed E-state index contributed by atoms with van der Waals surface area (Å²) >= 11 is 1.46. The number of carboxylic acid groups (broad SMARTS) is 1. The van der Waals surface area contributed by atoms with Gasteiger partial charge in [-0.05, 0) is 30.3 Å². The monoisotopic (exact) mass is 475 g/mol. The SMILES string of the molecule is CCC(C)C(NC(=O)C(N)CC(N)=O)C(=O)NC(C(=O)NC(CCSC)C(=O)O)C(C)C. The minimum Gasteiger partial charge on any atom is -0.480 e. The molecular weight excluding hydrogens is 438 g/mol. The maximum atomic E-state index is 13.0. The smallest absolute Gasteiger partial charge is 0.326 e. The van der Waals surface area contributed by atoms with Gasteiger partial charge in [0.05, 0.1) is 12.5 Å². The van der Waals surface area contributed by atoms with Crippen LogP contribution in [-0.4, -0.2) is 70.9 Å². The first-order valence-corrected chi connectivity index (χ1v) is 11.9. The van der Waals surface area contributed by atoms with Crippen molar-refractivity contribution in [2.45, 2.75) is 71.1 Å². The molecule has 0 aromatic heterocycles. The predicted molar refractivity (Wildman–Crippen MR) is 123 cm³/mol. The van der Waals surface area contributed by atoms with E-state index in [4.69, 9.17) is 11.5 Å². The van der Waals surface area contributed by atoms with Crippen LogP contribution in [0.1, 0.15) is 47.0 Å². The fourth-order valence-electron chi connectivity index (χ4n) is 2.80. The van der Waals surface area contributed by atoms with Crippen molar-refractivity contribution in [3.8, 4) is 0 Å². The van der Waals surface area contributed by atoms with E-state index < -0.39 is 53.8 Å². The molecule has 0 aliphatic carbocycles. The first-order valence-electron chi connectivity index (χ1n) is 10.5. The molecule has 0 aliphatic rings. The van der Waals surface area contributed by atoms with Crippen molar-refractivity contribution in [2.24, 2.45) is 23.3 Å². The lowest BCUT2D eigenvalue weighted by Crippen LogP contribution is -2.60. The standard InChI is InChI=1S/C20H37N5O6S/c1-6-11(4)16(25-17(27)12(21)9-14(22)26)19(29)24-15(10(2)3)18(28)23-13(20(30)31)7-8-32-5/h10-13,15-16H,6-9,21H2,1-5H3,(H2,22,26)(H,23,28)(H,24,29)(H,25,27)(H,30,31). The van der Waals surface area contributed by atoms with Gasteiger partial charge in [0, 0.05) is 0 Å². The third-order valence-corrected chi connectivity index (χ3v) is 5.67. The Balaban J connectivity index is 5.44. The maximum Gasteiger partial charge on any atom is 0.326 e. The number of hydrogen-bond donors (Lipinski definition) is 6. The number of carboxylic acids is 1. The van der Waals surface area contributed by atoms with Gasteiger partial charge in [-0.1, -0.05) is 34.1 Å². The zero-order valence-corrected chi connectivity index (χ0v) is 20.2. The minimum absolute atomic E-state index is 0.240. The number of hydrogen-bond acceptors (Lipinski definition) is 7. The summed E-state index contributed by atoms with van der Waals surface area (Å²) in [5, 5.41) is 17.0. The molecule has 0 aliphatic heterocycles. The first-order chi connectivity index (χ1) is 14.8. The quantitative estimate of drug-likeness (QED) is 0.177. The van der Waals surface area contributed by atoms with Gasteiger partial charge in [0.15, 0.2) is 0 Å². The molecule has 0 bridgehead atoms. The molecule has 8 N–H and O–H groups in total. The number of amides is 4. The van der Waals surface area contributed by atoms with E-state index in [0.717, 1.165) is 0 Å². The van der Waals surface area contributed by atoms with E-state index in [-0.39, 0.29) is 24.7 Å². The lowest BCUT2D eigenvalue weighted by Gasteiger charge is -2.29. The van der Waals surface area contributed by atoms with Crippen LogP contribution in [0.25, 0.3) is 0 Å². The molecule has 0 aromatic carbocycles. The van der Waals surface area contributed by atoms with Crippen molar-refractivity contribution < 1.29 is 29.1 Å². The second-order valence-electron chi connectivity index (χ2n) is 8.06. The summed E-state index contributed by atoms with van der Waals surface area (Å²) in [7, 11) is 0. The molecule has 0 saturated carbocycles. The van der Waals surface area contributed by atoms with Crippen molar-refractivity contribution in [3.63, 3.8) is 0 Å². The molecule has 0 radical (unpaired) electrons. The van der Waals surface area contributed by atoms with Crippen LogP contribution in [0, 0.1) is 11.8 Å². The summed E-state index contributed by atoms with van der Waals surface area (Å²) in [6.45, 7) is 7.00. The van der Waals surface area contributed by atoms with Crippen molar-refractivity contribution in [1.29, 1.82) is 0 Å². The van der Waals surface area contributed by atoms with Crippen molar-refractivity contribution in [1.82, 2.24) is 16.0 Å². The molecule has 0 fully saturated rings. The first kappa shape index (κ1) is 29.7. The average Bonchev–Trinajstić information content (AvgIpc) is 2.70. The van der Waals surface area contributed by atoms with Crippen LogP contribution in [0.3, 0.4) is 0 Å². The summed E-state index contributed by atoms with van der Waals surface area (Å²) in [6.07, 6.45) is 2.24. The van der Waals surface area contributed by atoms with Crippen LogP contribution in [0.4, 0.5) is 0 Å². The van der Waals surface area contributed by atoms with E-state index in [2.05, 4.69) is 16.0 Å². The number of rotatable bonds is 15. The highest BCUT2D eigenvalue weighted by Crippen LogP contribution is 2.11. The number of carbonyl (C=O) groups is 5. The molecule has 5 atom stereocenters. The molecule has 0 rings (SSSR count). The van der Waals surface area contributed by atoms with Gasteiger partial charge in [0.1, 0.15) is 18.1 Å². The Hall–Kier alpha value is -2.34. The summed E-state index contributed by atoms with van der Waals surface area (Å²) in [4.78, 5) is 60.5. The fraction of sp³-hybridized carbons (Fsp3) is 0.750. The third-order valence-electron chi connectivity index (χ3n) is 5.02. The highest BCUT2D eigenvalue weighted by atomic mass is 32.2. The largest absolute Gasteiger partial charge is 0.480 e. The van der Waals surface area contributed by atoms with E-state index in [1.165, 1.54) is 11.8 Å². The Morgan fingerprint density at radius 1 is 0.938 bits per heavy atom. The number of nitrogens with two attached hydrogens (primary N) is 2. The van der Waals surface area contributed by atoms with E-state index in [1.807, 2.05) is 13.2 Å². The number of thioether (sulfide) groups is 1. The predicted octanol–water partition coefficient (Wildman–Crippen LogP) is -0.817. The highest BCUT2D eigenvalue weighted by molar-refractivity contribution is 7.98. The van der Waals surface area contributed by atoms with E-state index in [0.29, 0.717) is 12.2 Å². The van der Waals surface area contributed by atoms with E-state index in [1.54, 1.807) is 20.8 Å². The van der Waals surface area contributed by atoms with Gasteiger partial charge in [0.2, 0.25) is 23.6 Å². The fourth-order valence-corrected chi connectivity index (χ4v) is 3.28. The molecule has 12 heteroatoms. The normalized spacial score (nSPS) is 15.7. The molecule has 0 heterocycles.